The third kappa shape index (κ3) is 12.3. The molecule has 83 heavy (non-hydrogen) atoms. The minimum Gasteiger partial charge on any atom is -0.488 e. The van der Waals surface area contributed by atoms with Crippen LogP contribution >= 0.6 is 45.2 Å². The van der Waals surface area contributed by atoms with Gasteiger partial charge in [0.05, 0.1) is 43.1 Å². The van der Waals surface area contributed by atoms with Gasteiger partial charge in [0.2, 0.25) is 11.8 Å². The van der Waals surface area contributed by atoms with Gasteiger partial charge in [0.25, 0.3) is 11.8 Å². The van der Waals surface area contributed by atoms with Crippen LogP contribution in [0.1, 0.15) is 38.8 Å². The van der Waals surface area contributed by atoms with Crippen molar-refractivity contribution in [2.45, 2.75) is 59.0 Å². The van der Waals surface area contributed by atoms with Crippen molar-refractivity contribution in [3.05, 3.63) is 103 Å². The minimum atomic E-state index is -1.15. The van der Waals surface area contributed by atoms with E-state index in [1.165, 1.54) is 22.0 Å². The molecule has 8 fully saturated rings. The fraction of sp³-hybridized carbons (Fsp3) is 0.542. The van der Waals surface area contributed by atoms with Gasteiger partial charge in [0, 0.05) is 34.1 Å². The highest BCUT2D eigenvalue weighted by molar-refractivity contribution is 14.1. The summed E-state index contributed by atoms with van der Waals surface area (Å²) in [6.45, 7) is 28.6. The van der Waals surface area contributed by atoms with Crippen molar-refractivity contribution in [1.82, 2.24) is 9.80 Å². The summed E-state index contributed by atoms with van der Waals surface area (Å²) in [6.07, 6.45) is 2.08. The number of nitrogens with zero attached hydrogens (tertiary/aromatic N) is 6. The second kappa shape index (κ2) is 24.8. The van der Waals surface area contributed by atoms with Gasteiger partial charge in [-0.25, -0.2) is 14.4 Å². The van der Waals surface area contributed by atoms with Crippen molar-refractivity contribution in [1.29, 1.82) is 0 Å². The molecule has 8 atom stereocenters. The summed E-state index contributed by atoms with van der Waals surface area (Å²) < 4.78 is 23.4. The first-order valence-corrected chi connectivity index (χ1v) is 30.6. The Morgan fingerprint density at radius 1 is 0.663 bits per heavy atom. The number of halogens is 2. The zero-order valence-corrected chi connectivity index (χ0v) is 52.0. The van der Waals surface area contributed by atoms with Gasteiger partial charge in [-0.1, -0.05) is 51.6 Å². The van der Waals surface area contributed by atoms with Crippen LogP contribution in [0.3, 0.4) is 0 Å². The molecule has 2 aromatic rings. The van der Waals surface area contributed by atoms with E-state index in [1.807, 2.05) is 32.0 Å². The third-order valence-electron chi connectivity index (χ3n) is 19.1. The van der Waals surface area contributed by atoms with Gasteiger partial charge in [0.15, 0.2) is 13.1 Å². The van der Waals surface area contributed by atoms with Crippen molar-refractivity contribution in [2.24, 2.45) is 41.1 Å². The van der Waals surface area contributed by atoms with Gasteiger partial charge < -0.3 is 63.6 Å². The molecule has 10 aliphatic rings. The number of aliphatic carboxylic acids is 1. The first kappa shape index (κ1) is 62.1. The number of amides is 4. The molecule has 2 aromatic carbocycles. The van der Waals surface area contributed by atoms with Crippen molar-refractivity contribution in [3.63, 3.8) is 0 Å². The average Bonchev–Trinajstić information content (AvgIpc) is 1.80. The molecule has 24 heteroatoms. The summed E-state index contributed by atoms with van der Waals surface area (Å²) in [5, 5.41) is 19.9. The number of rotatable bonds is 24. The van der Waals surface area contributed by atoms with Crippen LogP contribution in [0.4, 0.5) is 0 Å². The van der Waals surface area contributed by atoms with E-state index in [0.29, 0.717) is 35.7 Å². The number of benzene rings is 2. The summed E-state index contributed by atoms with van der Waals surface area (Å²) in [4.78, 5) is 99.7. The van der Waals surface area contributed by atoms with Gasteiger partial charge in [-0.05, 0) is 76.4 Å². The molecule has 22 nitrogen and oxygen atoms in total. The van der Waals surface area contributed by atoms with Crippen LogP contribution in [0.2, 0.25) is 0 Å². The van der Waals surface area contributed by atoms with E-state index in [0.717, 1.165) is 128 Å². The number of nitrogens with two attached hydrogens (primary N) is 2. The second-order valence-electron chi connectivity index (χ2n) is 24.2. The number of aliphatic hydroxyl groups excluding tert-OH is 1. The number of carboxylic acid groups (broad SMARTS) is 1. The van der Waals surface area contributed by atoms with E-state index < -0.39 is 47.8 Å². The van der Waals surface area contributed by atoms with Crippen LogP contribution in [0.25, 0.3) is 0 Å². The molecule has 12 rings (SSSR count). The Labute approximate surface area is 511 Å². The standard InChI is InChI=1S/C33H42IN4O8.C26H33IN4O6/c1-5-15-43-33(42)30-24(21(3)29-28(31(40)36(29)30)22(4)32(41)46-45-16-6-2)20-44-26-17-23(7-8-25(26)34)18-37-9-12-38(13-10-37,14-11-37)19-27(35)39;1-15-18(24(26(35)36)29-23(15)22(16(2)32)25(29)34)14-37-20-11-17(3-4-19(20)27)12-30-5-8-31(9-6-30,10-7-30)13-21(28)33/h5-8,17,21-22,28-29H,1-2,9-16,18-20H2,3-4H3,(H-,35,39);3-4,11,15-16,22-23,32H,5-10,12-14H2,1-2H3,(H-2,28,33,35,36)/q+1;/p+3/t21-,22?,28?,29?,37?,38?;15-,16?,22?,23?,30?,31?/m00/s1. The molecule has 10 aliphatic heterocycles. The van der Waals surface area contributed by atoms with Gasteiger partial charge in [-0.2, -0.15) is 4.89 Å². The molecule has 0 aliphatic carbocycles. The molecule has 0 radical (unpaired) electrons. The Balaban J connectivity index is 0.000000204. The van der Waals surface area contributed by atoms with Gasteiger partial charge in [-0.3, -0.25) is 24.1 Å². The number of esters is 1. The van der Waals surface area contributed by atoms with Gasteiger partial charge in [0.1, 0.15) is 141 Å². The van der Waals surface area contributed by atoms with Crippen LogP contribution in [-0.4, -0.2) is 216 Å². The summed E-state index contributed by atoms with van der Waals surface area (Å²) in [6, 6.07) is 11.6. The molecule has 8 saturated heterocycles. The minimum absolute atomic E-state index is 0.00712. The lowest BCUT2D eigenvalue weighted by Crippen LogP contribution is -2.75. The van der Waals surface area contributed by atoms with E-state index in [-0.39, 0.29) is 79.3 Å². The van der Waals surface area contributed by atoms with Crippen molar-refractivity contribution in [3.8, 4) is 11.5 Å². The number of aliphatic hydroxyl groups is 1. The topological polar surface area (TPSA) is 265 Å². The van der Waals surface area contributed by atoms with Crippen molar-refractivity contribution < 1.29 is 85.7 Å². The number of quaternary nitrogens is 4. The van der Waals surface area contributed by atoms with Crippen LogP contribution in [-0.2, 0) is 61.2 Å². The van der Waals surface area contributed by atoms with Crippen molar-refractivity contribution >= 4 is 86.7 Å². The number of carbonyl (C=O) groups is 7. The monoisotopic (exact) mass is 1380 g/mol. The summed E-state index contributed by atoms with van der Waals surface area (Å²) in [5.74, 6) is -4.78. The molecule has 0 saturated carbocycles. The maximum Gasteiger partial charge on any atom is 0.355 e. The summed E-state index contributed by atoms with van der Waals surface area (Å²) >= 11 is 4.46. The summed E-state index contributed by atoms with van der Waals surface area (Å²) in [7, 11) is 0. The van der Waals surface area contributed by atoms with Crippen LogP contribution in [0.15, 0.2) is 84.2 Å². The zero-order chi connectivity index (χ0) is 59.9. The van der Waals surface area contributed by atoms with E-state index in [2.05, 4.69) is 76.5 Å². The van der Waals surface area contributed by atoms with Crippen LogP contribution in [0.5, 0.6) is 11.5 Å². The second-order valence-corrected chi connectivity index (χ2v) is 26.5. The smallest absolute Gasteiger partial charge is 0.355 e. The summed E-state index contributed by atoms with van der Waals surface area (Å²) in [5.41, 5.74) is 14.7. The predicted octanol–water partition coefficient (Wildman–Crippen LogP) is 2.59. The van der Waals surface area contributed by atoms with E-state index in [1.54, 1.807) is 13.8 Å². The first-order valence-electron chi connectivity index (χ1n) is 28.5. The number of primary amides is 2. The molecule has 0 spiro atoms. The molecule has 6 N–H and O–H groups in total. The van der Waals surface area contributed by atoms with Gasteiger partial charge >= 0.3 is 17.9 Å². The Hall–Kier alpha value is -5.49. The molecular formula is C59H78I2N8O14+4. The lowest BCUT2D eigenvalue weighted by atomic mass is 9.74. The maximum absolute atomic E-state index is 13.4. The molecule has 448 valence electrons. The fourth-order valence-corrected chi connectivity index (χ4v) is 15.3. The van der Waals surface area contributed by atoms with E-state index in [4.69, 9.17) is 35.5 Å². The Morgan fingerprint density at radius 2 is 1.07 bits per heavy atom. The molecular weight excluding hydrogens is 1300 g/mol. The normalized spacial score (nSPS) is 30.7. The van der Waals surface area contributed by atoms with E-state index >= 15 is 0 Å². The lowest BCUT2D eigenvalue weighted by Gasteiger charge is -2.55. The Morgan fingerprint density at radius 3 is 1.49 bits per heavy atom. The number of hydrogen-bond acceptors (Lipinski definition) is 13. The number of ether oxygens (including phenoxy) is 3. The lowest BCUT2D eigenvalue weighted by molar-refractivity contribution is -1.08. The molecule has 4 bridgehead atoms. The molecule has 0 aromatic heterocycles. The van der Waals surface area contributed by atoms with E-state index in [9.17, 15) is 43.8 Å². The predicted molar refractivity (Wildman–Crippen MR) is 317 cm³/mol. The number of piperazine rings is 6. The Kier molecular flexibility index (Phi) is 18.6. The number of hydrogen-bond donors (Lipinski definition) is 4. The largest absolute Gasteiger partial charge is 0.488 e. The number of β-lactam (4-membered cyclic amide) rings is 2. The highest BCUT2D eigenvalue weighted by atomic mass is 127. The number of fused-ring (bicyclic) bond motifs is 8. The molecule has 10 heterocycles. The first-order chi connectivity index (χ1) is 39.4. The molecule has 6 unspecified atom stereocenters. The van der Waals surface area contributed by atoms with Gasteiger partial charge in [-0.15, -0.1) is 6.58 Å². The number of carboxylic acids is 1. The van der Waals surface area contributed by atoms with Crippen molar-refractivity contribution in [2.75, 3.05) is 118 Å². The zero-order valence-electron chi connectivity index (χ0n) is 47.7. The average molecular weight is 1380 g/mol. The third-order valence-corrected chi connectivity index (χ3v) is 20.9. The SMILES string of the molecule is C=CCOOC(=O)C(C)C1C(=O)N2C(C(=O)OCC=C)=C(COc3cc(C[N+]45CC[N+](CC(N)=O)(CC4)CC5)ccc3I)[C@H](C)C12.CC(O)C1C(=O)N2C(C(=O)O)=C(COc3cc(C[N+]45CC[N+](CC(N)=O)(CC4)CC5)ccc3I)[C@H](C)C12. The molecule has 4 amide bonds. The fourth-order valence-electron chi connectivity index (χ4n) is 14.3. The maximum atomic E-state index is 13.4. The highest BCUT2D eigenvalue weighted by Gasteiger charge is 2.62. The highest BCUT2D eigenvalue weighted by Crippen LogP contribution is 2.50. The van der Waals surface area contributed by atoms with Crippen LogP contribution in [0, 0.1) is 36.7 Å². The Bertz CT molecular complexity index is 2990. The quantitative estimate of drug-likeness (QED) is 0.0172. The number of carbonyl (C=O) groups excluding carboxylic acids is 6. The van der Waals surface area contributed by atoms with Crippen LogP contribution < -0.4 is 20.9 Å².